The molecule has 1 aromatic carbocycles. The van der Waals surface area contributed by atoms with Gasteiger partial charge in [0.2, 0.25) is 5.91 Å². The lowest BCUT2D eigenvalue weighted by molar-refractivity contribution is -0.121. The van der Waals surface area contributed by atoms with Crippen molar-refractivity contribution in [2.45, 2.75) is 38.1 Å². The minimum atomic E-state index is -0.984. The average Bonchev–Trinajstić information content (AvgIpc) is 2.78. The third-order valence-electron chi connectivity index (χ3n) is 3.54. The summed E-state index contributed by atoms with van der Waals surface area (Å²) >= 11 is 1.75. The minimum Gasteiger partial charge on any atom is -0.349 e. The number of thiophene rings is 1. The van der Waals surface area contributed by atoms with Gasteiger partial charge in [-0.1, -0.05) is 12.1 Å². The summed E-state index contributed by atoms with van der Waals surface area (Å²) in [5, 5.41) is 3.04. The Hall–Kier alpha value is -1.46. The van der Waals surface area contributed by atoms with E-state index >= 15 is 0 Å². The maximum Gasteiger partial charge on any atom is 0.224 e. The van der Waals surface area contributed by atoms with Crippen molar-refractivity contribution in [1.29, 1.82) is 0 Å². The lowest BCUT2D eigenvalue weighted by Gasteiger charge is -2.14. The number of hydrogen-bond donors (Lipinski definition) is 1. The van der Waals surface area contributed by atoms with Crippen LogP contribution in [0.2, 0.25) is 0 Å². The first kappa shape index (κ1) is 16.9. The summed E-state index contributed by atoms with van der Waals surface area (Å²) in [6.45, 7) is 6.17. The average molecular weight is 335 g/mol. The van der Waals surface area contributed by atoms with Crippen molar-refractivity contribution >= 4 is 28.0 Å². The van der Waals surface area contributed by atoms with E-state index in [2.05, 4.69) is 25.2 Å². The molecule has 2 aromatic rings. The molecule has 0 spiro atoms. The van der Waals surface area contributed by atoms with Gasteiger partial charge in [0, 0.05) is 31.7 Å². The van der Waals surface area contributed by atoms with E-state index in [1.54, 1.807) is 17.6 Å². The third-order valence-corrected chi connectivity index (χ3v) is 5.46. The normalized spacial score (nSPS) is 13.6. The SMILES string of the molecule is Cc1cc([C@H](C)NC(=O)Cc2ccc([S@@](C)=O)cc2)c(C)s1. The molecule has 2 atom stereocenters. The molecule has 0 saturated heterocycles. The highest BCUT2D eigenvalue weighted by Gasteiger charge is 2.14. The molecule has 3 nitrogen and oxygen atoms in total. The van der Waals surface area contributed by atoms with Crippen LogP contribution in [-0.2, 0) is 22.0 Å². The number of amides is 1. The number of carbonyl (C=O) groups is 1. The summed E-state index contributed by atoms with van der Waals surface area (Å²) in [6, 6.07) is 9.50. The predicted molar refractivity (Wildman–Crippen MR) is 92.8 cm³/mol. The first-order valence-corrected chi connectivity index (χ1v) is 9.53. The van der Waals surface area contributed by atoms with Gasteiger partial charge in [-0.2, -0.15) is 0 Å². The van der Waals surface area contributed by atoms with Gasteiger partial charge in [-0.15, -0.1) is 11.3 Å². The second-order valence-electron chi connectivity index (χ2n) is 5.43. The van der Waals surface area contributed by atoms with Gasteiger partial charge in [-0.3, -0.25) is 9.00 Å². The summed E-state index contributed by atoms with van der Waals surface area (Å²) in [5.74, 6) is 0.00104. The Kier molecular flexibility index (Phi) is 5.53. The lowest BCUT2D eigenvalue weighted by Crippen LogP contribution is -2.28. The van der Waals surface area contributed by atoms with Crippen molar-refractivity contribution in [3.8, 4) is 0 Å². The van der Waals surface area contributed by atoms with Gasteiger partial charge in [0.1, 0.15) is 0 Å². The summed E-state index contributed by atoms with van der Waals surface area (Å²) in [7, 11) is -0.984. The predicted octanol–water partition coefficient (Wildman–Crippen LogP) is 3.52. The highest BCUT2D eigenvalue weighted by atomic mass is 32.2. The maximum atomic E-state index is 12.2. The lowest BCUT2D eigenvalue weighted by atomic mass is 10.1. The maximum absolute atomic E-state index is 12.2. The van der Waals surface area contributed by atoms with Gasteiger partial charge >= 0.3 is 0 Å². The molecule has 118 valence electrons. The molecule has 0 radical (unpaired) electrons. The first-order chi connectivity index (χ1) is 10.4. The summed E-state index contributed by atoms with van der Waals surface area (Å²) < 4.78 is 11.3. The van der Waals surface area contributed by atoms with Gasteiger partial charge < -0.3 is 5.32 Å². The number of aryl methyl sites for hydroxylation is 2. The van der Waals surface area contributed by atoms with Crippen molar-refractivity contribution in [2.75, 3.05) is 6.26 Å². The molecule has 0 aliphatic heterocycles. The number of nitrogens with one attached hydrogen (secondary N) is 1. The Morgan fingerprint density at radius 2 is 1.91 bits per heavy atom. The highest BCUT2D eigenvalue weighted by Crippen LogP contribution is 2.26. The Balaban J connectivity index is 1.97. The standard InChI is InChI=1S/C17H21NO2S2/c1-11-9-16(13(3)21-11)12(2)18-17(19)10-14-5-7-15(8-6-14)22(4)20/h5-9,12H,10H2,1-4H3,(H,18,19)/t12-,22+/m0/s1. The summed E-state index contributed by atoms with van der Waals surface area (Å²) in [4.78, 5) is 15.5. The van der Waals surface area contributed by atoms with Crippen molar-refractivity contribution in [3.63, 3.8) is 0 Å². The zero-order valence-corrected chi connectivity index (χ0v) is 14.9. The van der Waals surface area contributed by atoms with Crippen molar-refractivity contribution in [2.24, 2.45) is 0 Å². The molecule has 0 fully saturated rings. The first-order valence-electron chi connectivity index (χ1n) is 7.15. The molecular weight excluding hydrogens is 314 g/mol. The summed E-state index contributed by atoms with van der Waals surface area (Å²) in [6.07, 6.45) is 1.98. The Bertz CT molecular complexity index is 689. The fourth-order valence-corrected chi connectivity index (χ4v) is 3.98. The van der Waals surface area contributed by atoms with Crippen LogP contribution in [0.15, 0.2) is 35.2 Å². The van der Waals surface area contributed by atoms with Crippen molar-refractivity contribution < 1.29 is 9.00 Å². The zero-order valence-electron chi connectivity index (χ0n) is 13.3. The van der Waals surface area contributed by atoms with Gasteiger partial charge in [-0.25, -0.2) is 0 Å². The van der Waals surface area contributed by atoms with Crippen LogP contribution in [0, 0.1) is 13.8 Å². The van der Waals surface area contributed by atoms with E-state index in [4.69, 9.17) is 0 Å². The largest absolute Gasteiger partial charge is 0.349 e. The van der Waals surface area contributed by atoms with Crippen molar-refractivity contribution in [1.82, 2.24) is 5.32 Å². The molecule has 0 aliphatic rings. The second-order valence-corrected chi connectivity index (χ2v) is 8.27. The smallest absolute Gasteiger partial charge is 0.224 e. The molecule has 2 rings (SSSR count). The molecule has 0 saturated carbocycles. The molecule has 0 aliphatic carbocycles. The van der Waals surface area contributed by atoms with Crippen LogP contribution in [0.25, 0.3) is 0 Å². The number of carbonyl (C=O) groups excluding carboxylic acids is 1. The van der Waals surface area contributed by atoms with E-state index in [9.17, 15) is 9.00 Å². The van der Waals surface area contributed by atoms with Crippen molar-refractivity contribution in [3.05, 3.63) is 51.2 Å². The van der Waals surface area contributed by atoms with Crippen LogP contribution in [0.1, 0.15) is 33.8 Å². The third kappa shape index (κ3) is 4.27. The van der Waals surface area contributed by atoms with Crippen LogP contribution in [0.4, 0.5) is 0 Å². The summed E-state index contributed by atoms with van der Waals surface area (Å²) in [5.41, 5.74) is 2.12. The minimum absolute atomic E-state index is 0.00104. The molecule has 22 heavy (non-hydrogen) atoms. The number of hydrogen-bond acceptors (Lipinski definition) is 3. The monoisotopic (exact) mass is 335 g/mol. The van der Waals surface area contributed by atoms with E-state index in [-0.39, 0.29) is 11.9 Å². The van der Waals surface area contributed by atoms with E-state index in [0.29, 0.717) is 6.42 Å². The van der Waals surface area contributed by atoms with E-state index in [1.807, 2.05) is 31.2 Å². The topological polar surface area (TPSA) is 46.2 Å². The Labute approximate surface area is 138 Å². The van der Waals surface area contributed by atoms with Gasteiger partial charge in [0.05, 0.1) is 12.5 Å². The Morgan fingerprint density at radius 1 is 1.27 bits per heavy atom. The van der Waals surface area contributed by atoms with Crippen LogP contribution in [-0.4, -0.2) is 16.4 Å². The molecule has 1 N–H and O–H groups in total. The van der Waals surface area contributed by atoms with Crippen LogP contribution in [0.3, 0.4) is 0 Å². The van der Waals surface area contributed by atoms with E-state index in [0.717, 1.165) is 10.5 Å². The van der Waals surface area contributed by atoms with Crippen LogP contribution in [0.5, 0.6) is 0 Å². The van der Waals surface area contributed by atoms with E-state index in [1.165, 1.54) is 15.3 Å². The quantitative estimate of drug-likeness (QED) is 0.909. The fourth-order valence-electron chi connectivity index (χ4n) is 2.43. The highest BCUT2D eigenvalue weighted by molar-refractivity contribution is 7.84. The zero-order chi connectivity index (χ0) is 16.3. The van der Waals surface area contributed by atoms with Gasteiger partial charge in [0.15, 0.2) is 0 Å². The molecule has 0 bridgehead atoms. The Morgan fingerprint density at radius 3 is 2.41 bits per heavy atom. The van der Waals surface area contributed by atoms with Crippen LogP contribution < -0.4 is 5.32 Å². The van der Waals surface area contributed by atoms with Crippen LogP contribution >= 0.6 is 11.3 Å². The molecule has 5 heteroatoms. The molecule has 1 amide bonds. The molecule has 1 heterocycles. The second kappa shape index (κ2) is 7.20. The molecule has 1 aromatic heterocycles. The van der Waals surface area contributed by atoms with E-state index < -0.39 is 10.8 Å². The molecule has 0 unspecified atom stereocenters. The molecular formula is C17H21NO2S2. The fraction of sp³-hybridized carbons (Fsp3) is 0.353. The number of rotatable bonds is 5. The van der Waals surface area contributed by atoms with Gasteiger partial charge in [-0.05, 0) is 50.1 Å². The number of benzene rings is 1. The van der Waals surface area contributed by atoms with Gasteiger partial charge in [0.25, 0.3) is 0 Å².